The lowest BCUT2D eigenvalue weighted by molar-refractivity contribution is 0.0224. The molecule has 1 amide bonds. The van der Waals surface area contributed by atoms with Crippen molar-refractivity contribution in [2.75, 3.05) is 11.4 Å². The molecule has 1 aliphatic rings. The highest BCUT2D eigenvalue weighted by Crippen LogP contribution is 2.33. The van der Waals surface area contributed by atoms with E-state index in [1.807, 2.05) is 31.9 Å². The fraction of sp³-hybridized carbons (Fsp3) is 0.700. The van der Waals surface area contributed by atoms with Gasteiger partial charge in [0.05, 0.1) is 6.04 Å². The molecule has 5 heteroatoms. The van der Waals surface area contributed by atoms with Gasteiger partial charge in [-0.25, -0.2) is 9.78 Å². The summed E-state index contributed by atoms with van der Waals surface area (Å²) in [5.41, 5.74) is 0.612. The largest absolute Gasteiger partial charge is 0.444 e. The number of aromatic nitrogens is 1. The van der Waals surface area contributed by atoms with Crippen molar-refractivity contribution < 1.29 is 9.53 Å². The summed E-state index contributed by atoms with van der Waals surface area (Å²) in [6, 6.07) is 5.02. The van der Waals surface area contributed by atoms with Crippen LogP contribution in [0.3, 0.4) is 0 Å². The monoisotopic (exact) mass is 347 g/mol. The number of ether oxygens (including phenoxy) is 1. The number of anilines is 1. The second kappa shape index (κ2) is 7.63. The Morgan fingerprint density at radius 1 is 1.24 bits per heavy atom. The Hall–Kier alpha value is -1.78. The van der Waals surface area contributed by atoms with Crippen LogP contribution in [0.1, 0.15) is 72.9 Å². The summed E-state index contributed by atoms with van der Waals surface area (Å²) in [7, 11) is 0. The summed E-state index contributed by atoms with van der Waals surface area (Å²) in [5, 5.41) is 0. The first-order valence-electron chi connectivity index (χ1n) is 9.34. The Balaban J connectivity index is 2.16. The van der Waals surface area contributed by atoms with Gasteiger partial charge < -0.3 is 14.5 Å². The molecule has 1 atom stereocenters. The predicted octanol–water partition coefficient (Wildman–Crippen LogP) is 4.78. The molecule has 5 nitrogen and oxygen atoms in total. The Morgan fingerprint density at radius 3 is 2.36 bits per heavy atom. The van der Waals surface area contributed by atoms with Crippen molar-refractivity contribution in [3.63, 3.8) is 0 Å². The fourth-order valence-corrected chi connectivity index (χ4v) is 3.53. The van der Waals surface area contributed by atoms with Gasteiger partial charge in [-0.15, -0.1) is 0 Å². The van der Waals surface area contributed by atoms with Crippen molar-refractivity contribution in [3.05, 3.63) is 23.9 Å². The Kier molecular flexibility index (Phi) is 5.96. The molecule has 1 aromatic rings. The van der Waals surface area contributed by atoms with Crippen LogP contribution in [0, 0.1) is 0 Å². The number of hydrogen-bond acceptors (Lipinski definition) is 4. The fourth-order valence-electron chi connectivity index (χ4n) is 3.53. The zero-order chi connectivity index (χ0) is 18.8. The van der Waals surface area contributed by atoms with E-state index < -0.39 is 5.60 Å². The molecular weight excluding hydrogens is 314 g/mol. The molecule has 0 saturated carbocycles. The van der Waals surface area contributed by atoms with E-state index in [9.17, 15) is 4.79 Å². The number of amides is 1. The van der Waals surface area contributed by atoms with Crippen LogP contribution in [-0.4, -0.2) is 40.2 Å². The molecule has 140 valence electrons. The molecule has 1 fully saturated rings. The maximum atomic E-state index is 12.5. The number of nitrogens with zero attached hydrogens (tertiary/aromatic N) is 3. The molecule has 1 aromatic heterocycles. The highest BCUT2D eigenvalue weighted by Gasteiger charge is 2.33. The second-order valence-corrected chi connectivity index (χ2v) is 8.38. The minimum atomic E-state index is -0.471. The molecule has 1 aliphatic heterocycles. The van der Waals surface area contributed by atoms with Crippen LogP contribution in [-0.2, 0) is 4.74 Å². The normalized spacial score (nSPS) is 18.1. The standard InChI is InChI=1S/C20H33N3O2/c1-14(2)23(15(3)4)18-11-10-16(13-21-18)17-9-8-12-22(17)19(24)25-20(5,6)7/h10-11,13-15,17H,8-9,12H2,1-7H3/t17-/m0/s1. The average molecular weight is 348 g/mol. The number of likely N-dealkylation sites (tertiary alicyclic amines) is 1. The third-order valence-corrected chi connectivity index (χ3v) is 4.41. The van der Waals surface area contributed by atoms with Gasteiger partial charge in [-0.3, -0.25) is 0 Å². The predicted molar refractivity (Wildman–Crippen MR) is 102 cm³/mol. The minimum absolute atomic E-state index is 0.0583. The summed E-state index contributed by atoms with van der Waals surface area (Å²) in [6.45, 7) is 15.2. The maximum absolute atomic E-state index is 12.5. The Morgan fingerprint density at radius 2 is 1.88 bits per heavy atom. The zero-order valence-corrected chi connectivity index (χ0v) is 16.7. The topological polar surface area (TPSA) is 45.7 Å². The van der Waals surface area contributed by atoms with Gasteiger partial charge in [-0.1, -0.05) is 6.07 Å². The molecule has 0 N–H and O–H groups in total. The van der Waals surface area contributed by atoms with Crippen LogP contribution >= 0.6 is 0 Å². The van der Waals surface area contributed by atoms with Crippen LogP contribution in [0.15, 0.2) is 18.3 Å². The van der Waals surface area contributed by atoms with E-state index in [1.54, 1.807) is 0 Å². The highest BCUT2D eigenvalue weighted by molar-refractivity contribution is 5.69. The van der Waals surface area contributed by atoms with Gasteiger partial charge in [0.1, 0.15) is 11.4 Å². The highest BCUT2D eigenvalue weighted by atomic mass is 16.6. The Bertz CT molecular complexity index is 568. The van der Waals surface area contributed by atoms with Crippen LogP contribution in [0.4, 0.5) is 10.6 Å². The van der Waals surface area contributed by atoms with Crippen molar-refractivity contribution in [3.8, 4) is 0 Å². The third kappa shape index (κ3) is 4.86. The molecular formula is C20H33N3O2. The molecule has 0 aromatic carbocycles. The van der Waals surface area contributed by atoms with Crippen LogP contribution in [0.5, 0.6) is 0 Å². The first kappa shape index (κ1) is 19.5. The molecule has 0 unspecified atom stereocenters. The lowest BCUT2D eigenvalue weighted by Crippen LogP contribution is -2.38. The van der Waals surface area contributed by atoms with Gasteiger partial charge in [-0.2, -0.15) is 0 Å². The first-order valence-corrected chi connectivity index (χ1v) is 9.34. The van der Waals surface area contributed by atoms with Gasteiger partial charge in [0.25, 0.3) is 0 Å². The van der Waals surface area contributed by atoms with Crippen molar-refractivity contribution in [2.45, 2.75) is 85.0 Å². The molecule has 0 bridgehead atoms. The van der Waals surface area contributed by atoms with Crippen LogP contribution in [0.25, 0.3) is 0 Å². The van der Waals surface area contributed by atoms with Gasteiger partial charge in [0.15, 0.2) is 0 Å². The van der Waals surface area contributed by atoms with Crippen molar-refractivity contribution in [1.29, 1.82) is 0 Å². The average Bonchev–Trinajstić information content (AvgIpc) is 2.95. The van der Waals surface area contributed by atoms with Gasteiger partial charge in [0, 0.05) is 24.8 Å². The maximum Gasteiger partial charge on any atom is 0.410 e. The lowest BCUT2D eigenvalue weighted by atomic mass is 10.1. The van der Waals surface area contributed by atoms with Gasteiger partial charge in [0.2, 0.25) is 0 Å². The van der Waals surface area contributed by atoms with E-state index in [4.69, 9.17) is 4.74 Å². The number of carbonyl (C=O) groups excluding carboxylic acids is 1. The molecule has 25 heavy (non-hydrogen) atoms. The van der Waals surface area contributed by atoms with Crippen molar-refractivity contribution in [1.82, 2.24) is 9.88 Å². The van der Waals surface area contributed by atoms with Crippen molar-refractivity contribution in [2.24, 2.45) is 0 Å². The zero-order valence-electron chi connectivity index (χ0n) is 16.7. The van der Waals surface area contributed by atoms with Crippen LogP contribution < -0.4 is 4.90 Å². The molecule has 0 aliphatic carbocycles. The molecule has 0 spiro atoms. The molecule has 2 rings (SSSR count). The summed E-state index contributed by atoms with van der Waals surface area (Å²) in [6.07, 6.45) is 3.64. The van der Waals surface area contributed by atoms with Crippen molar-refractivity contribution >= 4 is 11.9 Å². The SMILES string of the molecule is CC(C)N(c1ccc([C@@H]2CCCN2C(=O)OC(C)(C)C)cn1)C(C)C. The number of rotatable bonds is 4. The van der Waals surface area contributed by atoms with E-state index in [-0.39, 0.29) is 12.1 Å². The summed E-state index contributed by atoms with van der Waals surface area (Å²) in [4.78, 5) is 21.3. The quantitative estimate of drug-likeness (QED) is 0.786. The second-order valence-electron chi connectivity index (χ2n) is 8.38. The van der Waals surface area contributed by atoms with E-state index >= 15 is 0 Å². The summed E-state index contributed by atoms with van der Waals surface area (Å²) >= 11 is 0. The minimum Gasteiger partial charge on any atom is -0.444 e. The third-order valence-electron chi connectivity index (χ3n) is 4.41. The van der Waals surface area contributed by atoms with E-state index in [0.29, 0.717) is 12.1 Å². The molecule has 0 radical (unpaired) electrons. The lowest BCUT2D eigenvalue weighted by Gasteiger charge is -2.32. The van der Waals surface area contributed by atoms with Crippen LogP contribution in [0.2, 0.25) is 0 Å². The first-order chi connectivity index (χ1) is 11.6. The van der Waals surface area contributed by atoms with E-state index in [2.05, 4.69) is 49.7 Å². The molecule has 2 heterocycles. The number of pyridine rings is 1. The Labute approximate surface area is 152 Å². The smallest absolute Gasteiger partial charge is 0.410 e. The van der Waals surface area contributed by atoms with E-state index in [1.165, 1.54) is 0 Å². The number of hydrogen-bond donors (Lipinski definition) is 0. The summed E-state index contributed by atoms with van der Waals surface area (Å²) < 4.78 is 5.56. The van der Waals surface area contributed by atoms with E-state index in [0.717, 1.165) is 30.8 Å². The van der Waals surface area contributed by atoms with Gasteiger partial charge >= 0.3 is 6.09 Å². The van der Waals surface area contributed by atoms with Gasteiger partial charge in [-0.05, 0) is 72.9 Å². The number of carbonyl (C=O) groups is 1. The summed E-state index contributed by atoms with van der Waals surface area (Å²) in [5.74, 6) is 0.982. The molecule has 1 saturated heterocycles.